The summed E-state index contributed by atoms with van der Waals surface area (Å²) in [5.74, 6) is -5.22. The second kappa shape index (κ2) is 7.51. The summed E-state index contributed by atoms with van der Waals surface area (Å²) in [5.41, 5.74) is 0.718. The molecule has 0 bridgehead atoms. The van der Waals surface area contributed by atoms with Crippen molar-refractivity contribution in [1.82, 2.24) is 4.57 Å². The Bertz CT molecular complexity index is 1120. The first-order valence-corrected chi connectivity index (χ1v) is 8.10. The summed E-state index contributed by atoms with van der Waals surface area (Å²) in [6.45, 7) is -0.0621. The van der Waals surface area contributed by atoms with E-state index in [9.17, 15) is 23.5 Å². The number of aliphatic hydroxyl groups is 1. The van der Waals surface area contributed by atoms with E-state index in [4.69, 9.17) is 9.84 Å². The molecule has 0 saturated heterocycles. The smallest absolute Gasteiger partial charge is 0.376 e. The summed E-state index contributed by atoms with van der Waals surface area (Å²) in [6.07, 6.45) is 2.00. The molecule has 28 heavy (non-hydrogen) atoms. The molecule has 0 saturated carbocycles. The van der Waals surface area contributed by atoms with E-state index in [0.29, 0.717) is 22.7 Å². The monoisotopic (exact) mass is 387 g/mol. The number of carboxylic acids is 1. The fourth-order valence-corrected chi connectivity index (χ4v) is 2.93. The van der Waals surface area contributed by atoms with E-state index < -0.39 is 29.1 Å². The number of aliphatic hydroxyl groups excluding tert-OH is 1. The molecule has 1 aromatic heterocycles. The molecule has 0 aliphatic rings. The first kappa shape index (κ1) is 19.1. The van der Waals surface area contributed by atoms with Crippen molar-refractivity contribution in [3.8, 4) is 5.75 Å². The number of fused-ring (bicyclic) bond motifs is 1. The zero-order valence-electron chi connectivity index (χ0n) is 14.6. The highest BCUT2D eigenvalue weighted by molar-refractivity contribution is 6.38. The van der Waals surface area contributed by atoms with E-state index in [-0.39, 0.29) is 17.7 Å². The Morgan fingerprint density at radius 1 is 1.14 bits per heavy atom. The highest BCUT2D eigenvalue weighted by Crippen LogP contribution is 2.34. The molecule has 0 radical (unpaired) electrons. The molecular weight excluding hydrogens is 372 g/mol. The standard InChI is InChI=1S/C20H15F2NO5/c1-28-17-7-3-6-14-18(17)12(15(24)8-16(25)20(26)27)10-23(14)9-11-4-2-5-13(21)19(11)22/h2-8,10,24H,9H2,1H3,(H,26,27). The van der Waals surface area contributed by atoms with Gasteiger partial charge in [0, 0.05) is 23.4 Å². The number of carbonyl (C=O) groups is 2. The van der Waals surface area contributed by atoms with Crippen LogP contribution in [-0.2, 0) is 16.1 Å². The van der Waals surface area contributed by atoms with Crippen molar-refractivity contribution in [1.29, 1.82) is 0 Å². The molecule has 1 heterocycles. The van der Waals surface area contributed by atoms with Crippen LogP contribution in [0.5, 0.6) is 5.75 Å². The molecule has 2 N–H and O–H groups in total. The van der Waals surface area contributed by atoms with Crippen molar-refractivity contribution in [2.24, 2.45) is 0 Å². The van der Waals surface area contributed by atoms with E-state index in [2.05, 4.69) is 0 Å². The maximum absolute atomic E-state index is 14.1. The largest absolute Gasteiger partial charge is 0.507 e. The zero-order valence-corrected chi connectivity index (χ0v) is 14.6. The van der Waals surface area contributed by atoms with E-state index >= 15 is 0 Å². The average molecular weight is 387 g/mol. The Hall–Kier alpha value is -3.68. The SMILES string of the molecule is COc1cccc2c1c(C(O)=CC(=O)C(=O)O)cn2Cc1cccc(F)c1F. The molecule has 0 spiro atoms. The molecule has 0 aliphatic heterocycles. The number of carbonyl (C=O) groups excluding carboxylic acids is 1. The predicted octanol–water partition coefficient (Wildman–Crippen LogP) is 3.53. The Labute approximate surface area is 157 Å². The van der Waals surface area contributed by atoms with Crippen molar-refractivity contribution in [3.63, 3.8) is 0 Å². The van der Waals surface area contributed by atoms with Gasteiger partial charge < -0.3 is 19.5 Å². The molecule has 0 aliphatic carbocycles. The van der Waals surface area contributed by atoms with Crippen LogP contribution < -0.4 is 4.74 Å². The maximum Gasteiger partial charge on any atom is 0.376 e. The number of ether oxygens (including phenoxy) is 1. The first-order valence-electron chi connectivity index (χ1n) is 8.10. The molecule has 0 amide bonds. The van der Waals surface area contributed by atoms with Crippen LogP contribution in [0.4, 0.5) is 8.78 Å². The number of nitrogens with zero attached hydrogens (tertiary/aromatic N) is 1. The lowest BCUT2D eigenvalue weighted by atomic mass is 10.1. The van der Waals surface area contributed by atoms with Crippen LogP contribution in [0.25, 0.3) is 16.7 Å². The third-order valence-electron chi connectivity index (χ3n) is 4.21. The summed E-state index contributed by atoms with van der Waals surface area (Å²) in [4.78, 5) is 22.2. The lowest BCUT2D eigenvalue weighted by molar-refractivity contribution is -0.146. The van der Waals surface area contributed by atoms with Crippen LogP contribution in [-0.4, -0.2) is 33.6 Å². The van der Waals surface area contributed by atoms with E-state index in [1.807, 2.05) is 0 Å². The molecule has 3 rings (SSSR count). The molecule has 2 aromatic carbocycles. The lowest BCUT2D eigenvalue weighted by Crippen LogP contribution is -2.09. The summed E-state index contributed by atoms with van der Waals surface area (Å²) in [7, 11) is 1.41. The molecule has 3 aromatic rings. The topological polar surface area (TPSA) is 88.8 Å². The molecule has 0 fully saturated rings. The summed E-state index contributed by atoms with van der Waals surface area (Å²) < 4.78 is 34.4. The Kier molecular flexibility index (Phi) is 5.12. The van der Waals surface area contributed by atoms with Gasteiger partial charge in [0.25, 0.3) is 5.78 Å². The van der Waals surface area contributed by atoms with Crippen LogP contribution in [0.2, 0.25) is 0 Å². The van der Waals surface area contributed by atoms with Gasteiger partial charge in [-0.3, -0.25) is 4.79 Å². The Balaban J connectivity index is 2.19. The van der Waals surface area contributed by atoms with Crippen LogP contribution in [0.15, 0.2) is 48.7 Å². The molecule has 6 nitrogen and oxygen atoms in total. The minimum Gasteiger partial charge on any atom is -0.507 e. The third-order valence-corrected chi connectivity index (χ3v) is 4.21. The quantitative estimate of drug-likeness (QED) is 0.384. The van der Waals surface area contributed by atoms with Crippen LogP contribution in [0.1, 0.15) is 11.1 Å². The number of aromatic nitrogens is 1. The predicted molar refractivity (Wildman–Crippen MR) is 97.2 cm³/mol. The number of hydrogen-bond donors (Lipinski definition) is 2. The van der Waals surface area contributed by atoms with Gasteiger partial charge in [0.05, 0.1) is 24.6 Å². The molecule has 144 valence electrons. The van der Waals surface area contributed by atoms with Crippen molar-refractivity contribution < 1.29 is 33.3 Å². The van der Waals surface area contributed by atoms with Crippen LogP contribution >= 0.6 is 0 Å². The number of halogens is 2. The van der Waals surface area contributed by atoms with Crippen molar-refractivity contribution in [2.75, 3.05) is 7.11 Å². The highest BCUT2D eigenvalue weighted by Gasteiger charge is 2.19. The number of rotatable bonds is 6. The number of hydrogen-bond acceptors (Lipinski definition) is 4. The van der Waals surface area contributed by atoms with Gasteiger partial charge in [0.2, 0.25) is 0 Å². The van der Waals surface area contributed by atoms with Gasteiger partial charge in [0.15, 0.2) is 11.6 Å². The lowest BCUT2D eigenvalue weighted by Gasteiger charge is -2.08. The number of carboxylic acid groups (broad SMARTS) is 1. The van der Waals surface area contributed by atoms with Crippen LogP contribution in [0, 0.1) is 11.6 Å². The normalized spacial score (nSPS) is 11.6. The first-order chi connectivity index (χ1) is 13.3. The van der Waals surface area contributed by atoms with Crippen LogP contribution in [0.3, 0.4) is 0 Å². The number of aliphatic carboxylic acids is 1. The van der Waals surface area contributed by atoms with Gasteiger partial charge in [-0.1, -0.05) is 18.2 Å². The maximum atomic E-state index is 14.1. The second-order valence-electron chi connectivity index (χ2n) is 5.94. The van der Waals surface area contributed by atoms with Gasteiger partial charge in [0.1, 0.15) is 11.5 Å². The molecule has 8 heteroatoms. The molecular formula is C20H15F2NO5. The van der Waals surface area contributed by atoms with E-state index in [1.54, 1.807) is 22.8 Å². The summed E-state index contributed by atoms with van der Waals surface area (Å²) >= 11 is 0. The highest BCUT2D eigenvalue weighted by atomic mass is 19.2. The third kappa shape index (κ3) is 3.44. The fourth-order valence-electron chi connectivity index (χ4n) is 2.93. The Morgan fingerprint density at radius 3 is 2.54 bits per heavy atom. The van der Waals surface area contributed by atoms with Gasteiger partial charge in [-0.15, -0.1) is 0 Å². The number of benzene rings is 2. The summed E-state index contributed by atoms with van der Waals surface area (Å²) in [5, 5.41) is 19.4. The van der Waals surface area contributed by atoms with Gasteiger partial charge >= 0.3 is 5.97 Å². The molecule has 0 atom stereocenters. The molecule has 0 unspecified atom stereocenters. The minimum absolute atomic E-state index is 0.0621. The van der Waals surface area contributed by atoms with Gasteiger partial charge in [-0.2, -0.15) is 0 Å². The average Bonchev–Trinajstić information content (AvgIpc) is 3.04. The van der Waals surface area contributed by atoms with Crippen molar-refractivity contribution in [2.45, 2.75) is 6.54 Å². The number of methoxy groups -OCH3 is 1. The fraction of sp³-hybridized carbons (Fsp3) is 0.100. The van der Waals surface area contributed by atoms with Crippen molar-refractivity contribution >= 4 is 28.4 Å². The van der Waals surface area contributed by atoms with Gasteiger partial charge in [-0.05, 0) is 18.2 Å². The number of ketones is 1. The zero-order chi connectivity index (χ0) is 20.4. The van der Waals surface area contributed by atoms with Gasteiger partial charge in [-0.25, -0.2) is 13.6 Å². The van der Waals surface area contributed by atoms with E-state index in [1.165, 1.54) is 25.4 Å². The summed E-state index contributed by atoms with van der Waals surface area (Å²) in [6, 6.07) is 8.77. The minimum atomic E-state index is -1.72. The Morgan fingerprint density at radius 2 is 1.86 bits per heavy atom. The van der Waals surface area contributed by atoms with Crippen molar-refractivity contribution in [3.05, 3.63) is 71.4 Å². The second-order valence-corrected chi connectivity index (χ2v) is 5.94. The van der Waals surface area contributed by atoms with E-state index in [0.717, 1.165) is 6.07 Å².